The van der Waals surface area contributed by atoms with Crippen molar-refractivity contribution in [3.63, 3.8) is 0 Å². The Morgan fingerprint density at radius 2 is 1.77 bits per heavy atom. The van der Waals surface area contributed by atoms with Crippen molar-refractivity contribution in [2.75, 3.05) is 0 Å². The van der Waals surface area contributed by atoms with E-state index in [1.807, 2.05) is 0 Å². The molecule has 2 aromatic carbocycles. The van der Waals surface area contributed by atoms with Crippen LogP contribution in [0.5, 0.6) is 5.75 Å². The minimum Gasteiger partial charge on any atom is -0.406 e. The van der Waals surface area contributed by atoms with Crippen molar-refractivity contribution in [3.05, 3.63) is 59.1 Å². The zero-order chi connectivity index (χ0) is 18.7. The molecule has 1 N–H and O–H groups in total. The van der Waals surface area contributed by atoms with Crippen LogP contribution in [0.25, 0.3) is 10.2 Å². The lowest BCUT2D eigenvalue weighted by Crippen LogP contribution is -2.30. The van der Waals surface area contributed by atoms with Gasteiger partial charge in [0, 0.05) is 6.54 Å². The number of thiazole rings is 1. The van der Waals surface area contributed by atoms with Gasteiger partial charge in [0.25, 0.3) is 11.7 Å². The summed E-state index contributed by atoms with van der Waals surface area (Å²) in [6.45, 7) is -0.0121. The zero-order valence-corrected chi connectivity index (χ0v) is 13.9. The van der Waals surface area contributed by atoms with Crippen molar-refractivity contribution in [1.82, 2.24) is 10.3 Å². The predicted molar refractivity (Wildman–Crippen MR) is 88.9 cm³/mol. The SMILES string of the molecule is O=C(NCc1ccc(OC(F)(F)F)cc1)C(=O)c1nc2ccccc2s1. The molecule has 1 aromatic heterocycles. The molecule has 0 saturated carbocycles. The van der Waals surface area contributed by atoms with Gasteiger partial charge in [0.2, 0.25) is 0 Å². The molecule has 3 rings (SSSR count). The Kier molecular flexibility index (Phi) is 4.90. The number of para-hydroxylation sites is 1. The lowest BCUT2D eigenvalue weighted by atomic mass is 10.2. The number of ketones is 1. The summed E-state index contributed by atoms with van der Waals surface area (Å²) < 4.78 is 40.9. The fraction of sp³-hybridized carbons (Fsp3) is 0.118. The molecule has 0 unspecified atom stereocenters. The molecule has 5 nitrogen and oxygen atoms in total. The number of halogens is 3. The van der Waals surface area contributed by atoms with E-state index in [0.717, 1.165) is 28.2 Å². The molecular formula is C17H11F3N2O3S. The maximum Gasteiger partial charge on any atom is 0.573 e. The molecule has 9 heteroatoms. The Balaban J connectivity index is 1.60. The summed E-state index contributed by atoms with van der Waals surface area (Å²) >= 11 is 1.12. The molecule has 0 fully saturated rings. The van der Waals surface area contributed by atoms with Crippen LogP contribution in [0.1, 0.15) is 15.4 Å². The summed E-state index contributed by atoms with van der Waals surface area (Å²) in [6.07, 6.45) is -4.76. The molecule has 0 bridgehead atoms. The quantitative estimate of drug-likeness (QED) is 0.541. The first kappa shape index (κ1) is 17.9. The zero-order valence-electron chi connectivity index (χ0n) is 13.0. The Morgan fingerprint density at radius 1 is 1.08 bits per heavy atom. The number of carbonyl (C=O) groups excluding carboxylic acids is 2. The summed E-state index contributed by atoms with van der Waals surface area (Å²) in [7, 11) is 0. The molecule has 0 aliphatic carbocycles. The van der Waals surface area contributed by atoms with Crippen LogP contribution in [-0.4, -0.2) is 23.0 Å². The largest absolute Gasteiger partial charge is 0.573 e. The van der Waals surface area contributed by atoms with Gasteiger partial charge in [0.05, 0.1) is 10.2 Å². The van der Waals surface area contributed by atoms with Crippen LogP contribution in [0.2, 0.25) is 0 Å². The lowest BCUT2D eigenvalue weighted by molar-refractivity contribution is -0.274. The van der Waals surface area contributed by atoms with Crippen molar-refractivity contribution >= 4 is 33.2 Å². The van der Waals surface area contributed by atoms with Crippen molar-refractivity contribution in [2.45, 2.75) is 12.9 Å². The highest BCUT2D eigenvalue weighted by Gasteiger charge is 2.31. The summed E-state index contributed by atoms with van der Waals surface area (Å²) in [5, 5.41) is 2.51. The van der Waals surface area contributed by atoms with Gasteiger partial charge in [0.1, 0.15) is 5.75 Å². The first-order chi connectivity index (χ1) is 12.3. The average molecular weight is 380 g/mol. The molecule has 1 amide bonds. The van der Waals surface area contributed by atoms with E-state index < -0.39 is 18.1 Å². The van der Waals surface area contributed by atoms with E-state index in [9.17, 15) is 22.8 Å². The van der Waals surface area contributed by atoms with Crippen LogP contribution in [0, 0.1) is 0 Å². The Bertz CT molecular complexity index is 919. The Labute approximate surface area is 149 Å². The smallest absolute Gasteiger partial charge is 0.406 e. The number of Topliss-reactive ketones (excluding diaryl/α,β-unsaturated/α-hetero) is 1. The number of alkyl halides is 3. The van der Waals surface area contributed by atoms with E-state index in [-0.39, 0.29) is 17.3 Å². The molecular weight excluding hydrogens is 369 g/mol. The van der Waals surface area contributed by atoms with Crippen LogP contribution in [0.4, 0.5) is 13.2 Å². The lowest BCUT2D eigenvalue weighted by Gasteiger charge is -2.09. The molecule has 0 aliphatic heterocycles. The van der Waals surface area contributed by atoms with E-state index >= 15 is 0 Å². The molecule has 0 radical (unpaired) electrons. The summed E-state index contributed by atoms with van der Waals surface area (Å²) in [4.78, 5) is 28.2. The van der Waals surface area contributed by atoms with Crippen LogP contribution < -0.4 is 10.1 Å². The first-order valence-corrected chi connectivity index (χ1v) is 8.16. The number of fused-ring (bicyclic) bond motifs is 1. The number of hydrogen-bond donors (Lipinski definition) is 1. The van der Waals surface area contributed by atoms with Crippen molar-refractivity contribution in [1.29, 1.82) is 0 Å². The molecule has 0 atom stereocenters. The van der Waals surface area contributed by atoms with Crippen molar-refractivity contribution in [3.8, 4) is 5.75 Å². The van der Waals surface area contributed by atoms with E-state index in [0.29, 0.717) is 11.1 Å². The van der Waals surface area contributed by atoms with E-state index in [1.165, 1.54) is 12.1 Å². The number of amides is 1. The summed E-state index contributed by atoms with van der Waals surface area (Å²) in [5.41, 5.74) is 1.15. The van der Waals surface area contributed by atoms with Crippen molar-refractivity contribution < 1.29 is 27.5 Å². The molecule has 0 aliphatic rings. The molecule has 3 aromatic rings. The van der Waals surface area contributed by atoms with Gasteiger partial charge in [-0.1, -0.05) is 24.3 Å². The Hall–Kier alpha value is -2.94. The van der Waals surface area contributed by atoms with Crippen LogP contribution >= 0.6 is 11.3 Å². The third kappa shape index (κ3) is 4.37. The number of rotatable bonds is 5. The summed E-state index contributed by atoms with van der Waals surface area (Å²) in [6, 6.07) is 12.1. The van der Waals surface area contributed by atoms with E-state index in [4.69, 9.17) is 0 Å². The number of ether oxygens (including phenoxy) is 1. The van der Waals surface area contributed by atoms with Gasteiger partial charge < -0.3 is 10.1 Å². The number of carbonyl (C=O) groups is 2. The fourth-order valence-corrected chi connectivity index (χ4v) is 3.04. The van der Waals surface area contributed by atoms with Gasteiger partial charge in [-0.15, -0.1) is 24.5 Å². The van der Waals surface area contributed by atoms with Gasteiger partial charge in [-0.05, 0) is 29.8 Å². The van der Waals surface area contributed by atoms with Crippen molar-refractivity contribution in [2.24, 2.45) is 0 Å². The summed E-state index contributed by atoms with van der Waals surface area (Å²) in [5.74, 6) is -1.96. The normalized spacial score (nSPS) is 11.3. The monoisotopic (exact) mass is 380 g/mol. The molecule has 0 saturated heterocycles. The van der Waals surface area contributed by atoms with Gasteiger partial charge in [-0.25, -0.2) is 4.98 Å². The van der Waals surface area contributed by atoms with E-state index in [1.54, 1.807) is 24.3 Å². The third-order valence-electron chi connectivity index (χ3n) is 3.30. The topological polar surface area (TPSA) is 68.3 Å². The first-order valence-electron chi connectivity index (χ1n) is 7.34. The number of aromatic nitrogens is 1. The minimum absolute atomic E-state index is 0.0121. The molecule has 134 valence electrons. The van der Waals surface area contributed by atoms with Crippen LogP contribution in [0.3, 0.4) is 0 Å². The van der Waals surface area contributed by atoms with E-state index in [2.05, 4.69) is 15.0 Å². The second-order valence-electron chi connectivity index (χ2n) is 5.19. The highest BCUT2D eigenvalue weighted by molar-refractivity contribution is 7.20. The average Bonchev–Trinajstić information content (AvgIpc) is 3.03. The highest BCUT2D eigenvalue weighted by atomic mass is 32.1. The molecule has 0 spiro atoms. The standard InChI is InChI=1S/C17H11F3N2O3S/c18-17(19,20)25-11-7-5-10(6-8-11)9-21-15(24)14(23)16-22-12-3-1-2-4-13(12)26-16/h1-8H,9H2,(H,21,24). The number of nitrogens with zero attached hydrogens (tertiary/aromatic N) is 1. The second-order valence-corrected chi connectivity index (χ2v) is 6.22. The molecule has 1 heterocycles. The number of nitrogens with one attached hydrogen (secondary N) is 1. The molecule has 26 heavy (non-hydrogen) atoms. The maximum atomic E-state index is 12.1. The highest BCUT2D eigenvalue weighted by Crippen LogP contribution is 2.23. The van der Waals surface area contributed by atoms with Gasteiger partial charge in [-0.3, -0.25) is 9.59 Å². The minimum atomic E-state index is -4.76. The number of benzene rings is 2. The predicted octanol–water partition coefficient (Wildman–Crippen LogP) is 3.69. The third-order valence-corrected chi connectivity index (χ3v) is 4.34. The van der Waals surface area contributed by atoms with Gasteiger partial charge >= 0.3 is 6.36 Å². The van der Waals surface area contributed by atoms with Crippen LogP contribution in [0.15, 0.2) is 48.5 Å². The van der Waals surface area contributed by atoms with Gasteiger partial charge in [0.15, 0.2) is 5.01 Å². The maximum absolute atomic E-state index is 12.1. The second kappa shape index (κ2) is 7.12. The Morgan fingerprint density at radius 3 is 2.42 bits per heavy atom. The number of hydrogen-bond acceptors (Lipinski definition) is 5. The van der Waals surface area contributed by atoms with Crippen LogP contribution in [-0.2, 0) is 11.3 Å². The van der Waals surface area contributed by atoms with Gasteiger partial charge in [-0.2, -0.15) is 0 Å². The fourth-order valence-electron chi connectivity index (χ4n) is 2.14.